The minimum Gasteiger partial charge on any atom is -0.389 e. The van der Waals surface area contributed by atoms with Crippen LogP contribution in [0.2, 0.25) is 0 Å². The molecule has 0 amide bonds. The van der Waals surface area contributed by atoms with E-state index in [4.69, 9.17) is 0 Å². The van der Waals surface area contributed by atoms with E-state index in [0.29, 0.717) is 0 Å². The van der Waals surface area contributed by atoms with Crippen LogP contribution in [0.15, 0.2) is 0 Å². The molecule has 0 unspecified atom stereocenters. The van der Waals surface area contributed by atoms with Crippen LogP contribution in [0, 0.1) is 0 Å². The Labute approximate surface area is 105 Å². The lowest BCUT2D eigenvalue weighted by molar-refractivity contribution is 0.00832. The molecule has 2 saturated heterocycles. The minimum absolute atomic E-state index is 0.559. The molecule has 100 valence electrons. The molecule has 4 nitrogen and oxygen atoms in total. The number of hydrogen-bond donors (Lipinski definition) is 2. The molecule has 2 N–H and O–H groups in total. The van der Waals surface area contributed by atoms with E-state index in [0.717, 1.165) is 25.7 Å². The van der Waals surface area contributed by atoms with Gasteiger partial charge in [0, 0.05) is 38.8 Å². The van der Waals surface area contributed by atoms with Gasteiger partial charge in [-0.2, -0.15) is 0 Å². The van der Waals surface area contributed by atoms with Crippen molar-refractivity contribution < 1.29 is 5.11 Å². The van der Waals surface area contributed by atoms with Gasteiger partial charge in [-0.15, -0.1) is 0 Å². The second-order valence-corrected chi connectivity index (χ2v) is 6.11. The lowest BCUT2D eigenvalue weighted by Gasteiger charge is -2.42. The van der Waals surface area contributed by atoms with Crippen LogP contribution in [-0.4, -0.2) is 72.4 Å². The van der Waals surface area contributed by atoms with Crippen molar-refractivity contribution >= 4 is 0 Å². The van der Waals surface area contributed by atoms with Gasteiger partial charge in [-0.25, -0.2) is 0 Å². The fraction of sp³-hybridized carbons (Fsp3) is 1.00. The van der Waals surface area contributed by atoms with Gasteiger partial charge in [0.2, 0.25) is 0 Å². The summed E-state index contributed by atoms with van der Waals surface area (Å²) in [5.41, 5.74) is -0.559. The quantitative estimate of drug-likeness (QED) is 0.736. The number of nitrogens with one attached hydrogen (secondary N) is 1. The Morgan fingerprint density at radius 3 is 2.24 bits per heavy atom. The fourth-order valence-electron chi connectivity index (χ4n) is 3.01. The Morgan fingerprint density at radius 2 is 1.71 bits per heavy atom. The van der Waals surface area contributed by atoms with E-state index in [1.807, 2.05) is 13.8 Å². The van der Waals surface area contributed by atoms with Crippen molar-refractivity contribution in [3.63, 3.8) is 0 Å². The second kappa shape index (κ2) is 5.65. The first-order valence-electron chi connectivity index (χ1n) is 6.94. The van der Waals surface area contributed by atoms with Crippen molar-refractivity contribution in [2.75, 3.05) is 45.8 Å². The summed E-state index contributed by atoms with van der Waals surface area (Å²) in [7, 11) is 0. The van der Waals surface area contributed by atoms with Crippen molar-refractivity contribution in [1.82, 2.24) is 15.1 Å². The molecule has 2 fully saturated rings. The number of hydrogen-bond acceptors (Lipinski definition) is 4. The van der Waals surface area contributed by atoms with Crippen molar-refractivity contribution in [3.8, 4) is 0 Å². The molecule has 17 heavy (non-hydrogen) atoms. The van der Waals surface area contributed by atoms with Crippen LogP contribution in [0.25, 0.3) is 0 Å². The fourth-order valence-corrected chi connectivity index (χ4v) is 3.01. The largest absolute Gasteiger partial charge is 0.389 e. The van der Waals surface area contributed by atoms with E-state index in [-0.39, 0.29) is 0 Å². The summed E-state index contributed by atoms with van der Waals surface area (Å²) in [5, 5.41) is 13.2. The van der Waals surface area contributed by atoms with Crippen LogP contribution < -0.4 is 5.32 Å². The predicted molar refractivity (Wildman–Crippen MR) is 70.2 cm³/mol. The first-order chi connectivity index (χ1) is 8.04. The minimum atomic E-state index is -0.559. The van der Waals surface area contributed by atoms with E-state index in [2.05, 4.69) is 15.1 Å². The first kappa shape index (κ1) is 13.3. The molecule has 0 aromatic rings. The number of nitrogens with zero attached hydrogens (tertiary/aromatic N) is 2. The van der Waals surface area contributed by atoms with Crippen LogP contribution in [0.5, 0.6) is 0 Å². The summed E-state index contributed by atoms with van der Waals surface area (Å²) < 4.78 is 0. The van der Waals surface area contributed by atoms with Crippen molar-refractivity contribution in [2.24, 2.45) is 0 Å². The Bertz CT molecular complexity index is 225. The number of β-amino-alcohol motifs (C(OH)–C–C–N with tert-alkyl or cyclic N) is 1. The maximum absolute atomic E-state index is 9.82. The Morgan fingerprint density at radius 1 is 1.12 bits per heavy atom. The molecule has 0 aromatic heterocycles. The number of piperidine rings is 1. The second-order valence-electron chi connectivity index (χ2n) is 6.11. The molecule has 0 spiro atoms. The number of piperazine rings is 1. The van der Waals surface area contributed by atoms with Crippen LogP contribution in [0.1, 0.15) is 26.7 Å². The monoisotopic (exact) mass is 241 g/mol. The third-order valence-electron chi connectivity index (χ3n) is 3.84. The normalized spacial score (nSPS) is 26.3. The highest BCUT2D eigenvalue weighted by molar-refractivity contribution is 4.83. The van der Waals surface area contributed by atoms with Gasteiger partial charge in [-0.1, -0.05) is 0 Å². The van der Waals surface area contributed by atoms with Crippen LogP contribution in [0.3, 0.4) is 0 Å². The molecule has 0 bridgehead atoms. The van der Waals surface area contributed by atoms with Gasteiger partial charge in [-0.05, 0) is 39.8 Å². The number of rotatable bonds is 3. The molecule has 0 aromatic carbocycles. The molecule has 2 heterocycles. The molecule has 2 aliphatic rings. The van der Waals surface area contributed by atoms with Crippen molar-refractivity contribution in [2.45, 2.75) is 38.3 Å². The van der Waals surface area contributed by atoms with Gasteiger partial charge in [0.05, 0.1) is 5.60 Å². The number of aliphatic hydroxyl groups is 1. The van der Waals surface area contributed by atoms with E-state index in [1.165, 1.54) is 39.0 Å². The lowest BCUT2D eigenvalue weighted by atomic mass is 10.0. The van der Waals surface area contributed by atoms with E-state index in [1.54, 1.807) is 0 Å². The maximum atomic E-state index is 9.82. The first-order valence-corrected chi connectivity index (χ1v) is 6.94. The third kappa shape index (κ3) is 4.21. The molecule has 0 atom stereocenters. The molecule has 0 aliphatic carbocycles. The Balaban J connectivity index is 1.73. The highest BCUT2D eigenvalue weighted by Gasteiger charge is 2.27. The summed E-state index contributed by atoms with van der Waals surface area (Å²) in [6.07, 6.45) is 2.59. The zero-order valence-electron chi connectivity index (χ0n) is 11.3. The van der Waals surface area contributed by atoms with Crippen LogP contribution in [0.4, 0.5) is 0 Å². The smallest absolute Gasteiger partial charge is 0.0718 e. The molecule has 2 aliphatic heterocycles. The van der Waals surface area contributed by atoms with Gasteiger partial charge in [-0.3, -0.25) is 9.80 Å². The summed E-state index contributed by atoms with van der Waals surface area (Å²) in [5.74, 6) is 0. The summed E-state index contributed by atoms with van der Waals surface area (Å²) in [6, 6.07) is 0.792. The highest BCUT2D eigenvalue weighted by Crippen LogP contribution is 2.15. The van der Waals surface area contributed by atoms with E-state index >= 15 is 0 Å². The van der Waals surface area contributed by atoms with Crippen LogP contribution in [-0.2, 0) is 0 Å². The predicted octanol–water partition coefficient (Wildman–Crippen LogP) is 0.127. The van der Waals surface area contributed by atoms with Crippen molar-refractivity contribution in [1.29, 1.82) is 0 Å². The molecular weight excluding hydrogens is 214 g/mol. The molecule has 2 rings (SSSR count). The van der Waals surface area contributed by atoms with Gasteiger partial charge < -0.3 is 10.4 Å². The zero-order valence-corrected chi connectivity index (χ0v) is 11.3. The van der Waals surface area contributed by atoms with Crippen molar-refractivity contribution in [3.05, 3.63) is 0 Å². The van der Waals surface area contributed by atoms with Crippen LogP contribution >= 0.6 is 0 Å². The SMILES string of the molecule is CC(C)(O)CN1CCN(C2CCNCC2)CC1. The third-order valence-corrected chi connectivity index (χ3v) is 3.84. The average Bonchev–Trinajstić information content (AvgIpc) is 2.29. The highest BCUT2D eigenvalue weighted by atomic mass is 16.3. The average molecular weight is 241 g/mol. The standard InChI is InChI=1S/C13H27N3O/c1-13(2,17)11-15-7-9-16(10-8-15)12-3-5-14-6-4-12/h12,14,17H,3-11H2,1-2H3. The molecule has 0 radical (unpaired) electrons. The van der Waals surface area contributed by atoms with E-state index in [9.17, 15) is 5.11 Å². The topological polar surface area (TPSA) is 38.7 Å². The Kier molecular flexibility index (Phi) is 4.42. The molecule has 0 saturated carbocycles. The summed E-state index contributed by atoms with van der Waals surface area (Å²) >= 11 is 0. The molecule has 4 heteroatoms. The van der Waals surface area contributed by atoms with Gasteiger partial charge >= 0.3 is 0 Å². The summed E-state index contributed by atoms with van der Waals surface area (Å²) in [4.78, 5) is 5.03. The zero-order chi connectivity index (χ0) is 12.3. The summed E-state index contributed by atoms with van der Waals surface area (Å²) in [6.45, 7) is 11.5. The Hall–Kier alpha value is -0.160. The lowest BCUT2D eigenvalue weighted by Crippen LogP contribution is -2.54. The van der Waals surface area contributed by atoms with Gasteiger partial charge in [0.25, 0.3) is 0 Å². The van der Waals surface area contributed by atoms with E-state index < -0.39 is 5.60 Å². The maximum Gasteiger partial charge on any atom is 0.0718 e. The van der Waals surface area contributed by atoms with Gasteiger partial charge in [0.1, 0.15) is 0 Å². The molecular formula is C13H27N3O. The van der Waals surface area contributed by atoms with Gasteiger partial charge in [0.15, 0.2) is 0 Å².